The summed E-state index contributed by atoms with van der Waals surface area (Å²) in [6.45, 7) is 10.5. The van der Waals surface area contributed by atoms with Crippen LogP contribution in [0.3, 0.4) is 0 Å². The van der Waals surface area contributed by atoms with Crippen LogP contribution in [0.5, 0.6) is 0 Å². The van der Waals surface area contributed by atoms with Crippen LogP contribution >= 0.6 is 0 Å². The Hall–Kier alpha value is -0.160. The fourth-order valence-electron chi connectivity index (χ4n) is 1.78. The number of rotatable bonds is 14. The molecule has 0 bridgehead atoms. The second kappa shape index (κ2) is 14.3. The summed E-state index contributed by atoms with van der Waals surface area (Å²) in [5, 5.41) is 13.0. The summed E-state index contributed by atoms with van der Waals surface area (Å²) >= 11 is 0. The molecule has 19 heavy (non-hydrogen) atoms. The molecule has 0 radical (unpaired) electrons. The van der Waals surface area contributed by atoms with Gasteiger partial charge in [0.25, 0.3) is 0 Å². The van der Waals surface area contributed by atoms with Crippen molar-refractivity contribution in [3.05, 3.63) is 0 Å². The van der Waals surface area contributed by atoms with E-state index in [1.165, 1.54) is 12.8 Å². The summed E-state index contributed by atoms with van der Waals surface area (Å²) < 4.78 is 10.7. The zero-order chi connectivity index (χ0) is 14.3. The van der Waals surface area contributed by atoms with E-state index in [1.54, 1.807) is 0 Å². The van der Waals surface area contributed by atoms with Gasteiger partial charge in [0.1, 0.15) is 0 Å². The Labute approximate surface area is 118 Å². The molecule has 0 aliphatic heterocycles. The van der Waals surface area contributed by atoms with Crippen molar-refractivity contribution < 1.29 is 14.6 Å². The fourth-order valence-corrected chi connectivity index (χ4v) is 1.78. The number of aliphatic hydroxyl groups excluding tert-OH is 1. The Bertz CT molecular complexity index is 175. The number of aliphatic hydroxyl groups is 1. The van der Waals surface area contributed by atoms with E-state index >= 15 is 0 Å². The first-order valence-corrected chi connectivity index (χ1v) is 7.78. The summed E-state index contributed by atoms with van der Waals surface area (Å²) in [6.07, 6.45) is 4.20. The van der Waals surface area contributed by atoms with Crippen LogP contribution < -0.4 is 5.32 Å². The second-order valence-corrected chi connectivity index (χ2v) is 5.04. The number of nitrogens with one attached hydrogen (secondary N) is 1. The molecule has 0 aromatic carbocycles. The molecule has 0 rings (SSSR count). The van der Waals surface area contributed by atoms with Gasteiger partial charge in [-0.2, -0.15) is 0 Å². The van der Waals surface area contributed by atoms with E-state index in [2.05, 4.69) is 26.1 Å². The van der Waals surface area contributed by atoms with Crippen molar-refractivity contribution in [2.45, 2.75) is 52.6 Å². The largest absolute Gasteiger partial charge is 0.389 e. The van der Waals surface area contributed by atoms with Crippen molar-refractivity contribution in [3.8, 4) is 0 Å². The average molecular weight is 275 g/mol. The molecule has 0 aromatic rings. The third-order valence-electron chi connectivity index (χ3n) is 3.29. The molecular formula is C15H33NO3. The predicted octanol–water partition coefficient (Wildman–Crippen LogP) is 2.21. The van der Waals surface area contributed by atoms with Crippen molar-refractivity contribution in [2.24, 2.45) is 5.92 Å². The monoisotopic (exact) mass is 275 g/mol. The molecule has 0 fully saturated rings. The molecule has 0 aromatic heterocycles. The summed E-state index contributed by atoms with van der Waals surface area (Å²) in [7, 11) is 0. The molecule has 0 amide bonds. The number of hydrogen-bond acceptors (Lipinski definition) is 4. The molecule has 2 N–H and O–H groups in total. The first-order valence-electron chi connectivity index (χ1n) is 7.78. The zero-order valence-corrected chi connectivity index (χ0v) is 13.0. The third-order valence-corrected chi connectivity index (χ3v) is 3.29. The molecule has 0 aliphatic carbocycles. The van der Waals surface area contributed by atoms with Gasteiger partial charge in [0, 0.05) is 13.2 Å². The third kappa shape index (κ3) is 12.6. The van der Waals surface area contributed by atoms with Gasteiger partial charge in [-0.1, -0.05) is 40.0 Å². The van der Waals surface area contributed by atoms with Gasteiger partial charge in [0.05, 0.1) is 25.9 Å². The highest BCUT2D eigenvalue weighted by Gasteiger charge is 2.06. The predicted molar refractivity (Wildman–Crippen MR) is 79.5 cm³/mol. The maximum absolute atomic E-state index is 9.72. The molecule has 0 heterocycles. The van der Waals surface area contributed by atoms with E-state index in [0.29, 0.717) is 32.3 Å². The molecular weight excluding hydrogens is 242 g/mol. The number of unbranched alkanes of at least 4 members (excludes halogenated alkanes) is 1. The summed E-state index contributed by atoms with van der Waals surface area (Å²) in [6, 6.07) is 0. The molecule has 1 atom stereocenters. The lowest BCUT2D eigenvalue weighted by atomic mass is 10.0. The van der Waals surface area contributed by atoms with E-state index < -0.39 is 6.10 Å². The Balaban J connectivity index is 3.27. The molecule has 0 spiro atoms. The Kier molecular flexibility index (Phi) is 14.1. The Morgan fingerprint density at radius 1 is 0.947 bits per heavy atom. The second-order valence-electron chi connectivity index (χ2n) is 5.04. The summed E-state index contributed by atoms with van der Waals surface area (Å²) in [5.41, 5.74) is 0. The van der Waals surface area contributed by atoms with E-state index in [0.717, 1.165) is 26.0 Å². The van der Waals surface area contributed by atoms with Gasteiger partial charge in [0.2, 0.25) is 0 Å². The Morgan fingerprint density at radius 2 is 1.63 bits per heavy atom. The van der Waals surface area contributed by atoms with Crippen LogP contribution in [0.1, 0.15) is 46.5 Å². The minimum Gasteiger partial charge on any atom is -0.389 e. The van der Waals surface area contributed by atoms with Crippen LogP contribution in [0.15, 0.2) is 0 Å². The van der Waals surface area contributed by atoms with E-state index in [1.807, 2.05) is 0 Å². The van der Waals surface area contributed by atoms with Crippen LogP contribution in [-0.2, 0) is 9.47 Å². The topological polar surface area (TPSA) is 50.7 Å². The molecule has 116 valence electrons. The van der Waals surface area contributed by atoms with E-state index in [4.69, 9.17) is 9.47 Å². The van der Waals surface area contributed by atoms with Crippen LogP contribution in [0, 0.1) is 5.92 Å². The highest BCUT2D eigenvalue weighted by Crippen LogP contribution is 2.04. The van der Waals surface area contributed by atoms with Gasteiger partial charge in [0.15, 0.2) is 0 Å². The fraction of sp³-hybridized carbons (Fsp3) is 1.00. The summed E-state index contributed by atoms with van der Waals surface area (Å²) in [5.74, 6) is 0.708. The SMILES string of the molecule is CCCCOCCOCC(O)CNCC(CC)CC. The minimum absolute atomic E-state index is 0.382. The van der Waals surface area contributed by atoms with E-state index in [9.17, 15) is 5.11 Å². The quantitative estimate of drug-likeness (QED) is 0.477. The van der Waals surface area contributed by atoms with Crippen molar-refractivity contribution in [1.82, 2.24) is 5.32 Å². The van der Waals surface area contributed by atoms with E-state index in [-0.39, 0.29) is 0 Å². The van der Waals surface area contributed by atoms with Crippen LogP contribution in [0.4, 0.5) is 0 Å². The molecule has 0 aliphatic rings. The lowest BCUT2D eigenvalue weighted by Gasteiger charge is -2.16. The van der Waals surface area contributed by atoms with Gasteiger partial charge in [-0.25, -0.2) is 0 Å². The van der Waals surface area contributed by atoms with Crippen LogP contribution in [0.25, 0.3) is 0 Å². The number of hydrogen-bond donors (Lipinski definition) is 2. The van der Waals surface area contributed by atoms with Crippen LogP contribution in [0.2, 0.25) is 0 Å². The molecule has 1 unspecified atom stereocenters. The first kappa shape index (κ1) is 18.8. The highest BCUT2D eigenvalue weighted by atomic mass is 16.5. The standard InChI is InChI=1S/C15H33NO3/c1-4-7-8-18-9-10-19-13-15(17)12-16-11-14(5-2)6-3/h14-17H,4-13H2,1-3H3. The maximum Gasteiger partial charge on any atom is 0.0897 e. The molecule has 4 heteroatoms. The van der Waals surface area contributed by atoms with Gasteiger partial charge < -0.3 is 19.9 Å². The molecule has 0 saturated heterocycles. The minimum atomic E-state index is -0.426. The van der Waals surface area contributed by atoms with Gasteiger partial charge in [-0.3, -0.25) is 0 Å². The lowest BCUT2D eigenvalue weighted by molar-refractivity contribution is 0.00372. The van der Waals surface area contributed by atoms with Crippen molar-refractivity contribution in [2.75, 3.05) is 39.5 Å². The smallest absolute Gasteiger partial charge is 0.0897 e. The van der Waals surface area contributed by atoms with Gasteiger partial charge in [-0.15, -0.1) is 0 Å². The Morgan fingerprint density at radius 3 is 2.26 bits per heavy atom. The van der Waals surface area contributed by atoms with Gasteiger partial charge in [-0.05, 0) is 18.9 Å². The average Bonchev–Trinajstić information content (AvgIpc) is 2.42. The van der Waals surface area contributed by atoms with Crippen molar-refractivity contribution >= 4 is 0 Å². The van der Waals surface area contributed by atoms with Gasteiger partial charge >= 0.3 is 0 Å². The van der Waals surface area contributed by atoms with Crippen molar-refractivity contribution in [3.63, 3.8) is 0 Å². The maximum atomic E-state index is 9.72. The number of ether oxygens (including phenoxy) is 2. The zero-order valence-electron chi connectivity index (χ0n) is 13.0. The summed E-state index contributed by atoms with van der Waals surface area (Å²) in [4.78, 5) is 0. The van der Waals surface area contributed by atoms with Crippen molar-refractivity contribution in [1.29, 1.82) is 0 Å². The first-order chi connectivity index (χ1) is 9.24. The van der Waals surface area contributed by atoms with Crippen LogP contribution in [-0.4, -0.2) is 50.7 Å². The molecule has 0 saturated carbocycles. The lowest BCUT2D eigenvalue weighted by Crippen LogP contribution is -2.33. The normalized spacial score (nSPS) is 13.1. The molecule has 4 nitrogen and oxygen atoms in total. The highest BCUT2D eigenvalue weighted by molar-refractivity contribution is 4.62.